The van der Waals surface area contributed by atoms with Gasteiger partial charge in [-0.2, -0.15) is 0 Å². The van der Waals surface area contributed by atoms with E-state index in [9.17, 15) is 4.79 Å². The van der Waals surface area contributed by atoms with Crippen LogP contribution in [0.3, 0.4) is 0 Å². The summed E-state index contributed by atoms with van der Waals surface area (Å²) in [5, 5.41) is 0. The molecule has 0 fully saturated rings. The van der Waals surface area contributed by atoms with Crippen molar-refractivity contribution in [2.24, 2.45) is 7.05 Å². The highest BCUT2D eigenvalue weighted by Gasteiger charge is 1.95. The van der Waals surface area contributed by atoms with Gasteiger partial charge < -0.3 is 10.3 Å². The smallest absolute Gasteiger partial charge is 0.166 e. The second kappa shape index (κ2) is 1.93. The number of rotatable bonds is 1. The van der Waals surface area contributed by atoms with Crippen LogP contribution in [0.15, 0.2) is 12.3 Å². The van der Waals surface area contributed by atoms with Crippen molar-refractivity contribution in [2.75, 3.05) is 5.73 Å². The Labute approximate surface area is 53.1 Å². The first-order valence-electron chi connectivity index (χ1n) is 2.61. The first-order chi connectivity index (χ1) is 4.24. The van der Waals surface area contributed by atoms with Crippen LogP contribution in [0.25, 0.3) is 0 Å². The summed E-state index contributed by atoms with van der Waals surface area (Å²) in [6.45, 7) is 0. The maximum absolute atomic E-state index is 10.2. The molecule has 0 unspecified atom stereocenters. The molecule has 1 heterocycles. The molecule has 1 aromatic rings. The summed E-state index contributed by atoms with van der Waals surface area (Å²) in [5.41, 5.74) is 6.60. The molecule has 0 saturated carbocycles. The predicted molar refractivity (Wildman–Crippen MR) is 35.2 cm³/mol. The van der Waals surface area contributed by atoms with Crippen LogP contribution >= 0.6 is 0 Å². The van der Waals surface area contributed by atoms with Crippen LogP contribution in [-0.2, 0) is 7.05 Å². The number of aromatic nitrogens is 1. The van der Waals surface area contributed by atoms with E-state index in [0.717, 1.165) is 6.29 Å². The van der Waals surface area contributed by atoms with E-state index in [1.165, 1.54) is 0 Å². The average molecular weight is 124 g/mol. The van der Waals surface area contributed by atoms with Gasteiger partial charge in [-0.1, -0.05) is 0 Å². The summed E-state index contributed by atoms with van der Waals surface area (Å²) in [5.74, 6) is 0. The lowest BCUT2D eigenvalue weighted by molar-refractivity contribution is 0.111. The van der Waals surface area contributed by atoms with Crippen LogP contribution in [0, 0.1) is 0 Å². The van der Waals surface area contributed by atoms with Gasteiger partial charge in [0, 0.05) is 13.2 Å². The highest BCUT2D eigenvalue weighted by Crippen LogP contribution is 2.04. The fourth-order valence-corrected chi connectivity index (χ4v) is 0.725. The number of nitrogens with two attached hydrogens (primary N) is 1. The normalized spacial score (nSPS) is 9.44. The van der Waals surface area contributed by atoms with Gasteiger partial charge in [0.1, 0.15) is 0 Å². The van der Waals surface area contributed by atoms with Crippen molar-refractivity contribution < 1.29 is 4.79 Å². The summed E-state index contributed by atoms with van der Waals surface area (Å²) in [7, 11) is 1.78. The summed E-state index contributed by atoms with van der Waals surface area (Å²) in [6.07, 6.45) is 2.47. The van der Waals surface area contributed by atoms with Gasteiger partial charge in [0.25, 0.3) is 0 Å². The van der Waals surface area contributed by atoms with Crippen LogP contribution in [0.5, 0.6) is 0 Å². The summed E-state index contributed by atoms with van der Waals surface area (Å²) in [4.78, 5) is 10.2. The Bertz CT molecular complexity index is 227. The number of hydrogen-bond donors (Lipinski definition) is 1. The number of nitrogen functional groups attached to an aromatic ring is 1. The molecule has 0 aromatic carbocycles. The molecule has 0 spiro atoms. The van der Waals surface area contributed by atoms with Crippen molar-refractivity contribution in [1.29, 1.82) is 0 Å². The standard InChI is InChI=1S/C6H8N2O/c1-8-3-5(7)2-6(8)4-9/h2-4H,7H2,1H3. The van der Waals surface area contributed by atoms with Gasteiger partial charge >= 0.3 is 0 Å². The molecule has 3 heteroatoms. The zero-order chi connectivity index (χ0) is 6.85. The van der Waals surface area contributed by atoms with Crippen molar-refractivity contribution >= 4 is 12.0 Å². The van der Waals surface area contributed by atoms with E-state index in [-0.39, 0.29) is 0 Å². The minimum Gasteiger partial charge on any atom is -0.397 e. The monoisotopic (exact) mass is 124 g/mol. The second-order valence-corrected chi connectivity index (χ2v) is 1.93. The average Bonchev–Trinajstić information content (AvgIpc) is 2.10. The van der Waals surface area contributed by atoms with Crippen LogP contribution < -0.4 is 5.73 Å². The first kappa shape index (κ1) is 5.88. The Morgan fingerprint density at radius 1 is 1.78 bits per heavy atom. The van der Waals surface area contributed by atoms with Crippen molar-refractivity contribution in [2.45, 2.75) is 0 Å². The van der Waals surface area contributed by atoms with Gasteiger partial charge in [0.15, 0.2) is 6.29 Å². The van der Waals surface area contributed by atoms with Gasteiger partial charge in [-0.25, -0.2) is 0 Å². The Kier molecular flexibility index (Phi) is 1.26. The largest absolute Gasteiger partial charge is 0.397 e. The number of aryl methyl sites for hydroxylation is 1. The molecular formula is C6H8N2O. The molecule has 0 bridgehead atoms. The molecule has 0 radical (unpaired) electrons. The van der Waals surface area contributed by atoms with Crippen LogP contribution in [0.4, 0.5) is 5.69 Å². The van der Waals surface area contributed by atoms with Gasteiger partial charge in [0.2, 0.25) is 0 Å². The second-order valence-electron chi connectivity index (χ2n) is 1.93. The van der Waals surface area contributed by atoms with Gasteiger partial charge in [-0.05, 0) is 6.07 Å². The number of carbonyl (C=O) groups excluding carboxylic acids is 1. The molecule has 9 heavy (non-hydrogen) atoms. The minimum absolute atomic E-state index is 0.604. The van der Waals surface area contributed by atoms with E-state index in [1.807, 2.05) is 0 Å². The molecule has 0 saturated heterocycles. The van der Waals surface area contributed by atoms with E-state index in [2.05, 4.69) is 0 Å². The van der Waals surface area contributed by atoms with Gasteiger partial charge in [-0.3, -0.25) is 4.79 Å². The molecule has 0 aliphatic heterocycles. The fraction of sp³-hybridized carbons (Fsp3) is 0.167. The van der Waals surface area contributed by atoms with Crippen molar-refractivity contribution in [1.82, 2.24) is 4.57 Å². The third kappa shape index (κ3) is 0.937. The fourth-order valence-electron chi connectivity index (χ4n) is 0.725. The molecular weight excluding hydrogens is 116 g/mol. The van der Waals surface area contributed by atoms with Crippen molar-refractivity contribution in [3.63, 3.8) is 0 Å². The third-order valence-corrected chi connectivity index (χ3v) is 1.19. The molecule has 2 N–H and O–H groups in total. The van der Waals surface area contributed by atoms with E-state index < -0.39 is 0 Å². The topological polar surface area (TPSA) is 48.0 Å². The Morgan fingerprint density at radius 3 is 2.67 bits per heavy atom. The number of aldehydes is 1. The Hall–Kier alpha value is -1.25. The maximum Gasteiger partial charge on any atom is 0.166 e. The van der Waals surface area contributed by atoms with Crippen molar-refractivity contribution in [3.05, 3.63) is 18.0 Å². The molecule has 1 aromatic heterocycles. The van der Waals surface area contributed by atoms with Gasteiger partial charge in [-0.15, -0.1) is 0 Å². The molecule has 3 nitrogen and oxygen atoms in total. The predicted octanol–water partition coefficient (Wildman–Crippen LogP) is 0.420. The third-order valence-electron chi connectivity index (χ3n) is 1.19. The van der Waals surface area contributed by atoms with E-state index >= 15 is 0 Å². The SMILES string of the molecule is Cn1cc(N)cc1C=O. The minimum atomic E-state index is 0.604. The lowest BCUT2D eigenvalue weighted by Gasteiger charge is -1.88. The lowest BCUT2D eigenvalue weighted by atomic mass is 10.4. The molecule has 0 aliphatic rings. The zero-order valence-electron chi connectivity index (χ0n) is 5.16. The van der Waals surface area contributed by atoms with E-state index in [1.54, 1.807) is 23.9 Å². The van der Waals surface area contributed by atoms with Crippen LogP contribution in [0.1, 0.15) is 10.5 Å². The summed E-state index contributed by atoms with van der Waals surface area (Å²) < 4.78 is 1.68. The molecule has 48 valence electrons. The van der Waals surface area contributed by atoms with E-state index in [4.69, 9.17) is 5.73 Å². The molecule has 0 atom stereocenters. The van der Waals surface area contributed by atoms with Gasteiger partial charge in [0.05, 0.1) is 11.4 Å². The highest BCUT2D eigenvalue weighted by molar-refractivity contribution is 5.74. The summed E-state index contributed by atoms with van der Waals surface area (Å²) in [6, 6.07) is 1.63. The number of hydrogen-bond acceptors (Lipinski definition) is 2. The number of nitrogens with zero attached hydrogens (tertiary/aromatic N) is 1. The Balaban J connectivity index is 3.15. The number of anilines is 1. The van der Waals surface area contributed by atoms with E-state index in [0.29, 0.717) is 11.4 Å². The quantitative estimate of drug-likeness (QED) is 0.551. The highest BCUT2D eigenvalue weighted by atomic mass is 16.1. The zero-order valence-corrected chi connectivity index (χ0v) is 5.16. The summed E-state index contributed by atoms with van der Waals surface area (Å²) >= 11 is 0. The van der Waals surface area contributed by atoms with Crippen molar-refractivity contribution in [3.8, 4) is 0 Å². The lowest BCUT2D eigenvalue weighted by Crippen LogP contribution is -1.90. The molecule has 0 amide bonds. The molecule has 1 rings (SSSR count). The van der Waals surface area contributed by atoms with Crippen LogP contribution in [0.2, 0.25) is 0 Å². The Morgan fingerprint density at radius 2 is 2.44 bits per heavy atom. The molecule has 0 aliphatic carbocycles. The first-order valence-corrected chi connectivity index (χ1v) is 2.61. The maximum atomic E-state index is 10.2. The number of carbonyl (C=O) groups is 1. The van der Waals surface area contributed by atoms with Crippen LogP contribution in [-0.4, -0.2) is 10.9 Å².